The van der Waals surface area contributed by atoms with E-state index in [9.17, 15) is 13.2 Å². The fourth-order valence-corrected chi connectivity index (χ4v) is 6.49. The van der Waals surface area contributed by atoms with Gasteiger partial charge in [0.1, 0.15) is 0 Å². The van der Waals surface area contributed by atoms with E-state index in [1.54, 1.807) is 4.68 Å². The Morgan fingerprint density at radius 3 is 2.35 bits per heavy atom. The molecule has 7 nitrogen and oxygen atoms in total. The molecule has 0 saturated carbocycles. The zero-order valence-corrected chi connectivity index (χ0v) is 20.2. The van der Waals surface area contributed by atoms with Crippen molar-refractivity contribution >= 4 is 15.7 Å². The number of sulfone groups is 1. The third-order valence-electron chi connectivity index (χ3n) is 6.76. The first-order valence-electron chi connectivity index (χ1n) is 11.8. The SMILES string of the molecule is Cc1ccc(-c2cc(C(=O)N3CCN(Cc4ccccc4)CC3)nn2[C@H]2CCS(=O)(=O)C2)cc1. The summed E-state index contributed by atoms with van der Waals surface area (Å²) in [7, 11) is -3.07. The highest BCUT2D eigenvalue weighted by Crippen LogP contribution is 2.30. The van der Waals surface area contributed by atoms with E-state index in [0.717, 1.165) is 36.5 Å². The van der Waals surface area contributed by atoms with Gasteiger partial charge in [-0.2, -0.15) is 5.10 Å². The summed E-state index contributed by atoms with van der Waals surface area (Å²) in [5.41, 5.74) is 4.54. The van der Waals surface area contributed by atoms with Crippen molar-refractivity contribution in [3.8, 4) is 11.3 Å². The lowest BCUT2D eigenvalue weighted by molar-refractivity contribution is 0.0621. The summed E-state index contributed by atoms with van der Waals surface area (Å²) in [4.78, 5) is 17.6. The van der Waals surface area contributed by atoms with E-state index in [0.29, 0.717) is 25.2 Å². The smallest absolute Gasteiger partial charge is 0.274 e. The van der Waals surface area contributed by atoms with Gasteiger partial charge in [0.2, 0.25) is 0 Å². The Bertz CT molecular complexity index is 1260. The van der Waals surface area contributed by atoms with Crippen LogP contribution in [0, 0.1) is 6.92 Å². The molecular formula is C26H30N4O3S. The Labute approximate surface area is 200 Å². The van der Waals surface area contributed by atoms with Gasteiger partial charge in [0, 0.05) is 32.7 Å². The molecule has 8 heteroatoms. The molecule has 2 aromatic carbocycles. The molecule has 0 bridgehead atoms. The van der Waals surface area contributed by atoms with Crippen LogP contribution in [0.3, 0.4) is 0 Å². The van der Waals surface area contributed by atoms with E-state index in [-0.39, 0.29) is 23.5 Å². The zero-order valence-electron chi connectivity index (χ0n) is 19.4. The Kier molecular flexibility index (Phi) is 6.27. The molecule has 1 amide bonds. The molecule has 0 radical (unpaired) electrons. The van der Waals surface area contributed by atoms with Crippen LogP contribution in [0.5, 0.6) is 0 Å². The van der Waals surface area contributed by atoms with Gasteiger partial charge in [0.25, 0.3) is 5.91 Å². The number of aryl methyl sites for hydroxylation is 1. The van der Waals surface area contributed by atoms with Crippen LogP contribution in [-0.4, -0.2) is 71.6 Å². The predicted molar refractivity (Wildman–Crippen MR) is 132 cm³/mol. The van der Waals surface area contributed by atoms with Crippen molar-refractivity contribution in [2.75, 3.05) is 37.7 Å². The van der Waals surface area contributed by atoms with Gasteiger partial charge in [0.05, 0.1) is 23.2 Å². The molecule has 2 saturated heterocycles. The van der Waals surface area contributed by atoms with Crippen LogP contribution in [-0.2, 0) is 16.4 Å². The highest BCUT2D eigenvalue weighted by molar-refractivity contribution is 7.91. The summed E-state index contributed by atoms with van der Waals surface area (Å²) >= 11 is 0. The zero-order chi connectivity index (χ0) is 23.7. The van der Waals surface area contributed by atoms with E-state index < -0.39 is 9.84 Å². The first kappa shape index (κ1) is 22.8. The van der Waals surface area contributed by atoms with Gasteiger partial charge >= 0.3 is 0 Å². The number of carbonyl (C=O) groups excluding carboxylic acids is 1. The monoisotopic (exact) mass is 478 g/mol. The highest BCUT2D eigenvalue weighted by atomic mass is 32.2. The van der Waals surface area contributed by atoms with Gasteiger partial charge in [-0.25, -0.2) is 8.42 Å². The number of benzene rings is 2. The van der Waals surface area contributed by atoms with Gasteiger partial charge in [-0.1, -0.05) is 60.2 Å². The molecule has 3 heterocycles. The lowest BCUT2D eigenvalue weighted by Crippen LogP contribution is -2.48. The topological polar surface area (TPSA) is 75.5 Å². The summed E-state index contributed by atoms with van der Waals surface area (Å²) < 4.78 is 26.0. The van der Waals surface area contributed by atoms with Gasteiger partial charge in [0.15, 0.2) is 15.5 Å². The minimum atomic E-state index is -3.07. The van der Waals surface area contributed by atoms with Crippen molar-refractivity contribution in [3.05, 3.63) is 77.5 Å². The van der Waals surface area contributed by atoms with Crippen LogP contribution < -0.4 is 0 Å². The second kappa shape index (κ2) is 9.35. The van der Waals surface area contributed by atoms with Gasteiger partial charge in [-0.15, -0.1) is 0 Å². The van der Waals surface area contributed by atoms with E-state index in [2.05, 4.69) is 22.1 Å². The number of carbonyl (C=O) groups is 1. The van der Waals surface area contributed by atoms with Crippen LogP contribution in [0.15, 0.2) is 60.7 Å². The van der Waals surface area contributed by atoms with Crippen LogP contribution in [0.2, 0.25) is 0 Å². The van der Waals surface area contributed by atoms with Crippen LogP contribution >= 0.6 is 0 Å². The third kappa shape index (κ3) is 4.93. The Balaban J connectivity index is 1.34. The highest BCUT2D eigenvalue weighted by Gasteiger charge is 2.33. The second-order valence-electron chi connectivity index (χ2n) is 9.34. The molecule has 2 aliphatic heterocycles. The largest absolute Gasteiger partial charge is 0.335 e. The number of amides is 1. The van der Waals surface area contributed by atoms with Crippen molar-refractivity contribution in [1.82, 2.24) is 19.6 Å². The van der Waals surface area contributed by atoms with Gasteiger partial charge < -0.3 is 4.90 Å². The Morgan fingerprint density at radius 2 is 1.71 bits per heavy atom. The summed E-state index contributed by atoms with van der Waals surface area (Å²) in [5.74, 6) is 0.143. The lowest BCUT2D eigenvalue weighted by Gasteiger charge is -2.34. The molecular weight excluding hydrogens is 448 g/mol. The minimum Gasteiger partial charge on any atom is -0.335 e. The normalized spacial score (nSPS) is 20.5. The molecule has 2 aliphatic rings. The Morgan fingerprint density at radius 1 is 1.00 bits per heavy atom. The second-order valence-corrected chi connectivity index (χ2v) is 11.6. The maximum absolute atomic E-state index is 13.4. The molecule has 1 atom stereocenters. The van der Waals surface area contributed by atoms with Crippen molar-refractivity contribution in [2.45, 2.75) is 25.9 Å². The van der Waals surface area contributed by atoms with E-state index in [1.807, 2.05) is 60.4 Å². The summed E-state index contributed by atoms with van der Waals surface area (Å²) in [6.45, 7) is 5.83. The van der Waals surface area contributed by atoms with E-state index >= 15 is 0 Å². The van der Waals surface area contributed by atoms with E-state index in [4.69, 9.17) is 0 Å². The number of nitrogens with zero attached hydrogens (tertiary/aromatic N) is 4. The van der Waals surface area contributed by atoms with Gasteiger partial charge in [-0.3, -0.25) is 14.4 Å². The average Bonchev–Trinajstić information content (AvgIpc) is 3.44. The number of hydrogen-bond donors (Lipinski definition) is 0. The maximum Gasteiger partial charge on any atom is 0.274 e. The van der Waals surface area contributed by atoms with Crippen molar-refractivity contribution in [2.24, 2.45) is 0 Å². The first-order valence-corrected chi connectivity index (χ1v) is 13.6. The van der Waals surface area contributed by atoms with E-state index in [1.165, 1.54) is 5.56 Å². The molecule has 0 N–H and O–H groups in total. The summed E-state index contributed by atoms with van der Waals surface area (Å²) in [6, 6.07) is 20.0. The summed E-state index contributed by atoms with van der Waals surface area (Å²) in [5, 5.41) is 4.67. The van der Waals surface area contributed by atoms with Crippen LogP contribution in [0.25, 0.3) is 11.3 Å². The van der Waals surface area contributed by atoms with Gasteiger partial charge in [-0.05, 0) is 30.5 Å². The average molecular weight is 479 g/mol. The molecule has 0 aliphatic carbocycles. The third-order valence-corrected chi connectivity index (χ3v) is 8.52. The number of hydrogen-bond acceptors (Lipinski definition) is 5. The number of aromatic nitrogens is 2. The number of rotatable bonds is 5. The van der Waals surface area contributed by atoms with Crippen LogP contribution in [0.1, 0.15) is 34.1 Å². The Hall–Kier alpha value is -2.97. The quantitative estimate of drug-likeness (QED) is 0.563. The molecule has 3 aromatic rings. The van der Waals surface area contributed by atoms with Crippen molar-refractivity contribution in [1.29, 1.82) is 0 Å². The fraction of sp³-hybridized carbons (Fsp3) is 0.385. The summed E-state index contributed by atoms with van der Waals surface area (Å²) in [6.07, 6.45) is 0.522. The lowest BCUT2D eigenvalue weighted by atomic mass is 10.1. The molecule has 0 spiro atoms. The molecule has 2 fully saturated rings. The molecule has 1 aromatic heterocycles. The molecule has 5 rings (SSSR count). The molecule has 178 valence electrons. The van der Waals surface area contributed by atoms with Crippen molar-refractivity contribution < 1.29 is 13.2 Å². The number of piperazine rings is 1. The standard InChI is InChI=1S/C26H30N4O3S/c1-20-7-9-22(10-8-20)25-17-24(27-30(25)23-11-16-34(32,33)19-23)26(31)29-14-12-28(13-15-29)18-21-5-3-2-4-6-21/h2-10,17,23H,11-16,18-19H2,1H3/t23-/m0/s1. The fourth-order valence-electron chi connectivity index (χ4n) is 4.80. The minimum absolute atomic E-state index is 0.0688. The molecule has 0 unspecified atom stereocenters. The van der Waals surface area contributed by atoms with Crippen molar-refractivity contribution in [3.63, 3.8) is 0 Å². The first-order chi connectivity index (χ1) is 16.4. The maximum atomic E-state index is 13.4. The molecule has 34 heavy (non-hydrogen) atoms. The van der Waals surface area contributed by atoms with Crippen LogP contribution in [0.4, 0.5) is 0 Å². The predicted octanol–water partition coefficient (Wildman–Crippen LogP) is 3.18.